The fourth-order valence-electron chi connectivity index (χ4n) is 8.43. The minimum atomic E-state index is 1.06. The fourth-order valence-corrected chi connectivity index (χ4v) is 8.43. The summed E-state index contributed by atoms with van der Waals surface area (Å²) >= 11 is 0. The number of fused-ring (bicyclic) bond motifs is 4. The number of para-hydroxylation sites is 1. The molecule has 0 spiro atoms. The van der Waals surface area contributed by atoms with Crippen LogP contribution in [-0.2, 0) is 6.42 Å². The zero-order valence-corrected chi connectivity index (χ0v) is 30.2. The number of anilines is 3. The van der Waals surface area contributed by atoms with Crippen molar-refractivity contribution in [2.75, 3.05) is 4.90 Å². The molecule has 2 aliphatic rings. The van der Waals surface area contributed by atoms with Crippen molar-refractivity contribution in [3.05, 3.63) is 205 Å². The van der Waals surface area contributed by atoms with Gasteiger partial charge < -0.3 is 9.47 Å². The Bertz CT molecular complexity index is 2720. The maximum atomic E-state index is 2.50. The van der Waals surface area contributed by atoms with Crippen LogP contribution in [-0.4, -0.2) is 4.57 Å². The summed E-state index contributed by atoms with van der Waals surface area (Å²) < 4.78 is 2.50. The summed E-state index contributed by atoms with van der Waals surface area (Å²) in [7, 11) is 0. The van der Waals surface area contributed by atoms with E-state index in [0.717, 1.165) is 42.7 Å². The van der Waals surface area contributed by atoms with Gasteiger partial charge in [-0.25, -0.2) is 0 Å². The smallest absolute Gasteiger partial charge is 0.0544 e. The number of nitrogens with zero attached hydrogens (tertiary/aromatic N) is 2. The second kappa shape index (κ2) is 13.7. The first-order valence-corrected chi connectivity index (χ1v) is 19.1. The van der Waals surface area contributed by atoms with E-state index in [0.29, 0.717) is 0 Å². The van der Waals surface area contributed by atoms with E-state index < -0.39 is 0 Å². The van der Waals surface area contributed by atoms with Gasteiger partial charge in [0, 0.05) is 33.7 Å². The minimum Gasteiger partial charge on any atom is -0.311 e. The molecule has 0 bridgehead atoms. The lowest BCUT2D eigenvalue weighted by molar-refractivity contribution is 0.968. The van der Waals surface area contributed by atoms with Gasteiger partial charge in [0.15, 0.2) is 0 Å². The van der Waals surface area contributed by atoms with Crippen molar-refractivity contribution in [1.29, 1.82) is 0 Å². The maximum absolute atomic E-state index is 2.50. The van der Waals surface area contributed by atoms with Crippen LogP contribution in [0.5, 0.6) is 0 Å². The molecular formula is C52H40N2. The highest BCUT2D eigenvalue weighted by Crippen LogP contribution is 2.41. The molecule has 8 aromatic rings. The summed E-state index contributed by atoms with van der Waals surface area (Å²) in [6, 6.07) is 60.1. The maximum Gasteiger partial charge on any atom is 0.0544 e. The lowest BCUT2D eigenvalue weighted by atomic mass is 9.97. The number of benzene rings is 7. The van der Waals surface area contributed by atoms with Crippen LogP contribution in [0.25, 0.3) is 61.3 Å². The first-order chi connectivity index (χ1) is 26.8. The van der Waals surface area contributed by atoms with Crippen molar-refractivity contribution in [2.45, 2.75) is 25.7 Å². The van der Waals surface area contributed by atoms with Crippen molar-refractivity contribution in [3.8, 4) is 27.9 Å². The first kappa shape index (κ1) is 32.0. The van der Waals surface area contributed by atoms with E-state index in [4.69, 9.17) is 0 Å². The van der Waals surface area contributed by atoms with Crippen molar-refractivity contribution in [3.63, 3.8) is 0 Å². The molecule has 7 aromatic carbocycles. The molecule has 0 N–H and O–H groups in total. The molecule has 54 heavy (non-hydrogen) atoms. The Morgan fingerprint density at radius 3 is 1.78 bits per heavy atom. The van der Waals surface area contributed by atoms with Gasteiger partial charge in [-0.05, 0) is 131 Å². The van der Waals surface area contributed by atoms with Gasteiger partial charge in [0.05, 0.1) is 11.2 Å². The Balaban J connectivity index is 1.06. The predicted molar refractivity (Wildman–Crippen MR) is 230 cm³/mol. The molecule has 0 radical (unpaired) electrons. The van der Waals surface area contributed by atoms with Gasteiger partial charge in [0.2, 0.25) is 0 Å². The standard InChI is InChI=1S/C52H40N2/c1-3-13-37(14-4-1)39-23-29-44(30-24-39)53(45-31-25-40(26-32-45)38-15-5-2-6-16-38)46-33-27-41(28-34-46)47-19-9-11-21-50(47)54-51-22-12-10-20-48(51)49-35-42-17-7-8-18-43(42)36-52(49)54/h1-5,7-9,11-15,17-19,21-36H,6,10,16,20H2. The molecule has 1 aromatic heterocycles. The van der Waals surface area contributed by atoms with E-state index in [2.05, 4.69) is 204 Å². The van der Waals surface area contributed by atoms with Gasteiger partial charge in [0.1, 0.15) is 0 Å². The topological polar surface area (TPSA) is 8.17 Å². The number of aromatic nitrogens is 1. The summed E-state index contributed by atoms with van der Waals surface area (Å²) in [5, 5.41) is 3.92. The van der Waals surface area contributed by atoms with E-state index in [1.807, 2.05) is 0 Å². The van der Waals surface area contributed by atoms with Crippen LogP contribution in [0.2, 0.25) is 0 Å². The summed E-state index contributed by atoms with van der Waals surface area (Å²) in [5.41, 5.74) is 16.1. The van der Waals surface area contributed by atoms with E-state index in [1.165, 1.54) is 72.0 Å². The molecular weight excluding hydrogens is 653 g/mol. The average molecular weight is 693 g/mol. The van der Waals surface area contributed by atoms with Crippen LogP contribution in [0.3, 0.4) is 0 Å². The Kier molecular flexibility index (Phi) is 8.15. The number of hydrogen-bond acceptors (Lipinski definition) is 1. The van der Waals surface area contributed by atoms with Crippen LogP contribution in [0.1, 0.15) is 36.1 Å². The predicted octanol–water partition coefficient (Wildman–Crippen LogP) is 14.3. The molecule has 0 aliphatic heterocycles. The van der Waals surface area contributed by atoms with Gasteiger partial charge in [0.25, 0.3) is 0 Å². The molecule has 0 fully saturated rings. The van der Waals surface area contributed by atoms with E-state index in [-0.39, 0.29) is 0 Å². The van der Waals surface area contributed by atoms with Gasteiger partial charge in [-0.1, -0.05) is 133 Å². The second-order valence-electron chi connectivity index (χ2n) is 14.4. The highest BCUT2D eigenvalue weighted by Gasteiger charge is 2.21. The lowest BCUT2D eigenvalue weighted by Gasteiger charge is -2.26. The molecule has 1 heterocycles. The largest absolute Gasteiger partial charge is 0.311 e. The Labute approximate surface area is 317 Å². The van der Waals surface area contributed by atoms with Crippen LogP contribution < -0.4 is 4.90 Å². The Hall–Kier alpha value is -6.64. The highest BCUT2D eigenvalue weighted by molar-refractivity contribution is 6.02. The molecule has 258 valence electrons. The Morgan fingerprint density at radius 2 is 1.07 bits per heavy atom. The highest BCUT2D eigenvalue weighted by atomic mass is 15.1. The summed E-state index contributed by atoms with van der Waals surface area (Å²) in [6.45, 7) is 0. The fraction of sp³-hybridized carbons (Fsp3) is 0.0769. The molecule has 0 unspecified atom stereocenters. The number of rotatable bonds is 7. The van der Waals surface area contributed by atoms with E-state index >= 15 is 0 Å². The normalized spacial score (nSPS) is 13.6. The SMILES string of the molecule is C1=CCCC(c2ccc(N(c3ccc(-c4ccccc4)cc3)c3ccc(-c4ccccc4-n4c5c(c6cc7ccccc7cc64)CCC=C5)cc3)cc2)=C1. The zero-order valence-electron chi connectivity index (χ0n) is 30.2. The average Bonchev–Trinajstić information content (AvgIpc) is 3.57. The summed E-state index contributed by atoms with van der Waals surface area (Å²) in [5.74, 6) is 0. The van der Waals surface area contributed by atoms with Crippen LogP contribution in [0.4, 0.5) is 17.1 Å². The zero-order chi connectivity index (χ0) is 35.8. The molecule has 2 heteroatoms. The molecule has 0 saturated carbocycles. The summed E-state index contributed by atoms with van der Waals surface area (Å²) in [4.78, 5) is 2.37. The third-order valence-electron chi connectivity index (χ3n) is 11.1. The van der Waals surface area contributed by atoms with Gasteiger partial charge in [-0.3, -0.25) is 0 Å². The van der Waals surface area contributed by atoms with Gasteiger partial charge in [-0.2, -0.15) is 0 Å². The molecule has 2 nitrogen and oxygen atoms in total. The van der Waals surface area contributed by atoms with E-state index in [1.54, 1.807) is 0 Å². The van der Waals surface area contributed by atoms with Crippen LogP contribution >= 0.6 is 0 Å². The lowest BCUT2D eigenvalue weighted by Crippen LogP contribution is -2.10. The van der Waals surface area contributed by atoms with Crippen LogP contribution in [0, 0.1) is 0 Å². The van der Waals surface area contributed by atoms with Crippen LogP contribution in [0.15, 0.2) is 188 Å². The van der Waals surface area contributed by atoms with E-state index in [9.17, 15) is 0 Å². The van der Waals surface area contributed by atoms with Gasteiger partial charge in [-0.15, -0.1) is 0 Å². The quantitative estimate of drug-likeness (QED) is 0.161. The van der Waals surface area contributed by atoms with Crippen molar-refractivity contribution in [2.24, 2.45) is 0 Å². The molecule has 0 atom stereocenters. The van der Waals surface area contributed by atoms with Gasteiger partial charge >= 0.3 is 0 Å². The van der Waals surface area contributed by atoms with Crippen molar-refractivity contribution < 1.29 is 0 Å². The number of aryl methyl sites for hydroxylation is 1. The molecule has 10 rings (SSSR count). The number of hydrogen-bond donors (Lipinski definition) is 0. The second-order valence-corrected chi connectivity index (χ2v) is 14.4. The third kappa shape index (κ3) is 5.77. The van der Waals surface area contributed by atoms with Crippen molar-refractivity contribution in [1.82, 2.24) is 4.57 Å². The monoisotopic (exact) mass is 692 g/mol. The molecule has 0 amide bonds. The van der Waals surface area contributed by atoms with Crippen molar-refractivity contribution >= 4 is 50.4 Å². The molecule has 0 saturated heterocycles. The molecule has 2 aliphatic carbocycles. The number of allylic oxidation sites excluding steroid dienone is 5. The Morgan fingerprint density at radius 1 is 0.481 bits per heavy atom. The third-order valence-corrected chi connectivity index (χ3v) is 11.1. The first-order valence-electron chi connectivity index (χ1n) is 19.1. The summed E-state index contributed by atoms with van der Waals surface area (Å²) in [6.07, 6.45) is 15.6. The minimum absolute atomic E-state index is 1.06.